The second-order valence-corrected chi connectivity index (χ2v) is 4.74. The van der Waals surface area contributed by atoms with Gasteiger partial charge < -0.3 is 5.32 Å². The summed E-state index contributed by atoms with van der Waals surface area (Å²) in [7, 11) is 0. The Morgan fingerprint density at radius 3 is 2.71 bits per heavy atom. The van der Waals surface area contributed by atoms with Crippen molar-refractivity contribution in [3.63, 3.8) is 0 Å². The van der Waals surface area contributed by atoms with E-state index in [4.69, 9.17) is 0 Å². The lowest BCUT2D eigenvalue weighted by atomic mass is 10.00. The molecule has 1 aromatic carbocycles. The summed E-state index contributed by atoms with van der Waals surface area (Å²) in [5.41, 5.74) is 0.821. The van der Waals surface area contributed by atoms with Crippen LogP contribution in [0.4, 0.5) is 13.2 Å². The molecular weight excluding hydrogens is 279 g/mol. The highest BCUT2D eigenvalue weighted by Gasteiger charge is 2.30. The standard InChI is InChI=1S/C15H12F3N3/c16-13-3-2-12(8-14(13)17)15(18)5-4-11(9-19-15)10-21-7-1-6-20-21/h1-9,19H,10H2. The van der Waals surface area contributed by atoms with Crippen LogP contribution in [0.3, 0.4) is 0 Å². The quantitative estimate of drug-likeness (QED) is 0.881. The van der Waals surface area contributed by atoms with Crippen LogP contribution in [0.15, 0.2) is 60.6 Å². The number of halogens is 3. The molecular formula is C15H12F3N3. The molecule has 6 heteroatoms. The zero-order chi connectivity index (χ0) is 14.9. The number of alkyl halides is 1. The first-order chi connectivity index (χ1) is 10.1. The average molecular weight is 291 g/mol. The highest BCUT2D eigenvalue weighted by Crippen LogP contribution is 2.29. The fraction of sp³-hybridized carbons (Fsp3) is 0.133. The van der Waals surface area contributed by atoms with Gasteiger partial charge >= 0.3 is 0 Å². The second kappa shape index (κ2) is 5.12. The number of benzene rings is 1. The average Bonchev–Trinajstić information content (AvgIpc) is 2.97. The van der Waals surface area contributed by atoms with E-state index in [1.165, 1.54) is 18.3 Å². The van der Waals surface area contributed by atoms with Crippen LogP contribution in [-0.4, -0.2) is 9.78 Å². The SMILES string of the molecule is Fc1ccc(C2(F)C=CC(Cn3cccn3)=CN2)cc1F. The van der Waals surface area contributed by atoms with Gasteiger partial charge in [-0.15, -0.1) is 0 Å². The molecule has 0 radical (unpaired) electrons. The normalized spacial score (nSPS) is 21.0. The van der Waals surface area contributed by atoms with Crippen molar-refractivity contribution in [2.24, 2.45) is 0 Å². The van der Waals surface area contributed by atoms with E-state index in [0.29, 0.717) is 6.54 Å². The van der Waals surface area contributed by atoms with Crippen LogP contribution in [0.5, 0.6) is 0 Å². The number of nitrogens with one attached hydrogen (secondary N) is 1. The maximum absolute atomic E-state index is 14.7. The van der Waals surface area contributed by atoms with Gasteiger partial charge in [0.05, 0.1) is 6.54 Å². The molecule has 0 saturated carbocycles. The molecule has 1 aliphatic rings. The van der Waals surface area contributed by atoms with Gasteiger partial charge in [0.1, 0.15) is 0 Å². The molecule has 3 rings (SSSR count). The Morgan fingerprint density at radius 1 is 1.24 bits per heavy atom. The lowest BCUT2D eigenvalue weighted by molar-refractivity contribution is 0.197. The molecule has 108 valence electrons. The maximum atomic E-state index is 14.7. The van der Waals surface area contributed by atoms with Gasteiger partial charge in [-0.3, -0.25) is 4.68 Å². The van der Waals surface area contributed by atoms with Crippen molar-refractivity contribution in [1.82, 2.24) is 15.1 Å². The van der Waals surface area contributed by atoms with Crippen LogP contribution in [0.25, 0.3) is 0 Å². The summed E-state index contributed by atoms with van der Waals surface area (Å²) in [6.45, 7) is 0.490. The molecule has 0 bridgehead atoms. The Hall–Kier alpha value is -2.50. The smallest absolute Gasteiger partial charge is 0.225 e. The van der Waals surface area contributed by atoms with Gasteiger partial charge in [0.2, 0.25) is 5.79 Å². The summed E-state index contributed by atoms with van der Waals surface area (Å²) >= 11 is 0. The number of hydrogen-bond donors (Lipinski definition) is 1. The number of hydrogen-bond acceptors (Lipinski definition) is 2. The third-order valence-electron chi connectivity index (χ3n) is 3.24. The molecule has 21 heavy (non-hydrogen) atoms. The van der Waals surface area contributed by atoms with E-state index in [2.05, 4.69) is 10.4 Å². The van der Waals surface area contributed by atoms with E-state index >= 15 is 0 Å². The molecule has 1 aliphatic heterocycles. The first-order valence-electron chi connectivity index (χ1n) is 6.35. The van der Waals surface area contributed by atoms with Crippen LogP contribution < -0.4 is 5.32 Å². The zero-order valence-corrected chi connectivity index (χ0v) is 10.9. The van der Waals surface area contributed by atoms with Gasteiger partial charge in [-0.1, -0.05) is 12.1 Å². The number of aromatic nitrogens is 2. The van der Waals surface area contributed by atoms with Gasteiger partial charge in [0, 0.05) is 24.2 Å². The molecule has 1 N–H and O–H groups in total. The first kappa shape index (κ1) is 13.5. The third-order valence-corrected chi connectivity index (χ3v) is 3.24. The van der Waals surface area contributed by atoms with Gasteiger partial charge in [0.25, 0.3) is 0 Å². The number of dihydropyridines is 1. The first-order valence-corrected chi connectivity index (χ1v) is 6.35. The molecule has 2 heterocycles. The maximum Gasteiger partial charge on any atom is 0.225 e. The Bertz CT molecular complexity index is 707. The van der Waals surface area contributed by atoms with Crippen molar-refractivity contribution in [1.29, 1.82) is 0 Å². The predicted octanol–water partition coefficient (Wildman–Crippen LogP) is 3.03. The Kier molecular flexibility index (Phi) is 3.29. The number of nitrogens with zero attached hydrogens (tertiary/aromatic N) is 2. The van der Waals surface area contributed by atoms with Crippen molar-refractivity contribution in [2.75, 3.05) is 0 Å². The number of rotatable bonds is 3. The van der Waals surface area contributed by atoms with E-state index < -0.39 is 17.4 Å². The number of allylic oxidation sites excluding steroid dienone is 2. The fourth-order valence-corrected chi connectivity index (χ4v) is 2.10. The summed E-state index contributed by atoms with van der Waals surface area (Å²) in [5.74, 6) is -4.13. The molecule has 0 saturated heterocycles. The Morgan fingerprint density at radius 2 is 2.10 bits per heavy atom. The van der Waals surface area contributed by atoms with Crippen LogP contribution in [0.2, 0.25) is 0 Å². The van der Waals surface area contributed by atoms with E-state index in [1.54, 1.807) is 29.2 Å². The van der Waals surface area contributed by atoms with Crippen molar-refractivity contribution >= 4 is 0 Å². The minimum atomic E-state index is -2.05. The molecule has 1 aromatic heterocycles. The summed E-state index contributed by atoms with van der Waals surface area (Å²) < 4.78 is 42.5. The largest absolute Gasteiger partial charge is 0.352 e. The minimum absolute atomic E-state index is 0.00652. The van der Waals surface area contributed by atoms with Gasteiger partial charge in [-0.05, 0) is 29.8 Å². The van der Waals surface area contributed by atoms with Crippen LogP contribution in [-0.2, 0) is 12.3 Å². The third kappa shape index (κ3) is 2.69. The Balaban J connectivity index is 1.78. The summed E-state index contributed by atoms with van der Waals surface area (Å²) in [5, 5.41) is 6.63. The van der Waals surface area contributed by atoms with Crippen LogP contribution in [0, 0.1) is 11.6 Å². The molecule has 2 aromatic rings. The summed E-state index contributed by atoms with van der Waals surface area (Å²) in [4.78, 5) is 0. The van der Waals surface area contributed by atoms with Crippen molar-refractivity contribution in [3.8, 4) is 0 Å². The predicted molar refractivity (Wildman–Crippen MR) is 71.7 cm³/mol. The molecule has 0 fully saturated rings. The highest BCUT2D eigenvalue weighted by atomic mass is 19.2. The molecule has 1 atom stereocenters. The van der Waals surface area contributed by atoms with Crippen molar-refractivity contribution in [2.45, 2.75) is 12.3 Å². The fourth-order valence-electron chi connectivity index (χ4n) is 2.10. The van der Waals surface area contributed by atoms with E-state index in [9.17, 15) is 13.2 Å². The van der Waals surface area contributed by atoms with Crippen LogP contribution >= 0.6 is 0 Å². The Labute approximate surface area is 119 Å². The summed E-state index contributed by atoms with van der Waals surface area (Å²) in [6, 6.07) is 4.76. The van der Waals surface area contributed by atoms with Crippen molar-refractivity contribution < 1.29 is 13.2 Å². The second-order valence-electron chi connectivity index (χ2n) is 4.74. The zero-order valence-electron chi connectivity index (χ0n) is 10.9. The van der Waals surface area contributed by atoms with Gasteiger partial charge in [0.15, 0.2) is 11.6 Å². The van der Waals surface area contributed by atoms with E-state index in [-0.39, 0.29) is 5.56 Å². The topological polar surface area (TPSA) is 29.9 Å². The van der Waals surface area contributed by atoms with Gasteiger partial charge in [-0.2, -0.15) is 5.10 Å². The lowest BCUT2D eigenvalue weighted by Gasteiger charge is -2.26. The molecule has 0 aliphatic carbocycles. The van der Waals surface area contributed by atoms with Gasteiger partial charge in [-0.25, -0.2) is 13.2 Å². The van der Waals surface area contributed by atoms with E-state index in [0.717, 1.165) is 17.7 Å². The molecule has 0 spiro atoms. The highest BCUT2D eigenvalue weighted by molar-refractivity contribution is 5.35. The van der Waals surface area contributed by atoms with Crippen molar-refractivity contribution in [3.05, 3.63) is 77.8 Å². The summed E-state index contributed by atoms with van der Waals surface area (Å²) in [6.07, 6.45) is 7.82. The molecule has 3 nitrogen and oxygen atoms in total. The van der Waals surface area contributed by atoms with Crippen LogP contribution in [0.1, 0.15) is 5.56 Å². The minimum Gasteiger partial charge on any atom is -0.352 e. The lowest BCUT2D eigenvalue weighted by Crippen LogP contribution is -2.35. The monoisotopic (exact) mass is 291 g/mol. The molecule has 1 unspecified atom stereocenters. The molecule has 0 amide bonds. The van der Waals surface area contributed by atoms with E-state index in [1.807, 2.05) is 0 Å².